The number of carbonyl (C=O) groups is 1. The predicted octanol–water partition coefficient (Wildman–Crippen LogP) is 2.76. The molecule has 2 nitrogen and oxygen atoms in total. The summed E-state index contributed by atoms with van der Waals surface area (Å²) in [5, 5.41) is 0. The Kier molecular flexibility index (Phi) is 2.98. The van der Waals surface area contributed by atoms with E-state index in [0.29, 0.717) is 18.2 Å². The fourth-order valence-corrected chi connectivity index (χ4v) is 3.11. The molecule has 0 atom stereocenters. The molecule has 17 heavy (non-hydrogen) atoms. The minimum atomic E-state index is 0.360. The van der Waals surface area contributed by atoms with Crippen LogP contribution in [-0.4, -0.2) is 17.2 Å². The average Bonchev–Trinajstić information content (AvgIpc) is 2.97. The van der Waals surface area contributed by atoms with Crippen molar-refractivity contribution in [3.8, 4) is 0 Å². The first-order valence-electron chi connectivity index (χ1n) is 6.65. The maximum Gasteiger partial charge on any atom is 0.149 e. The predicted molar refractivity (Wildman–Crippen MR) is 67.5 cm³/mol. The monoisotopic (exact) mass is 229 g/mol. The number of nitrogens with zero attached hydrogens (tertiary/aromatic N) is 1. The Morgan fingerprint density at radius 1 is 1.12 bits per heavy atom. The second-order valence-electron chi connectivity index (χ2n) is 5.36. The molecule has 0 saturated heterocycles. The van der Waals surface area contributed by atoms with E-state index in [4.69, 9.17) is 0 Å². The lowest BCUT2D eigenvalue weighted by molar-refractivity contribution is -0.123. The van der Waals surface area contributed by atoms with E-state index in [2.05, 4.69) is 29.2 Å². The van der Waals surface area contributed by atoms with E-state index in [1.54, 1.807) is 0 Å². The number of rotatable bonds is 3. The minimum absolute atomic E-state index is 0.360. The molecule has 1 saturated carbocycles. The quantitative estimate of drug-likeness (QED) is 0.794. The maximum absolute atomic E-state index is 12.1. The van der Waals surface area contributed by atoms with Crippen LogP contribution in [0.1, 0.15) is 36.8 Å². The van der Waals surface area contributed by atoms with E-state index < -0.39 is 0 Å². The average molecular weight is 229 g/mol. The van der Waals surface area contributed by atoms with Crippen LogP contribution in [-0.2, 0) is 17.9 Å². The first-order valence-corrected chi connectivity index (χ1v) is 6.65. The topological polar surface area (TPSA) is 20.3 Å². The zero-order valence-corrected chi connectivity index (χ0v) is 10.2. The van der Waals surface area contributed by atoms with E-state index in [1.807, 2.05) is 0 Å². The van der Waals surface area contributed by atoms with Crippen molar-refractivity contribution in [3.05, 3.63) is 35.4 Å². The molecule has 0 radical (unpaired) electrons. The number of benzene rings is 1. The van der Waals surface area contributed by atoms with Crippen molar-refractivity contribution < 1.29 is 4.79 Å². The molecular formula is C15H19NO. The molecule has 0 amide bonds. The molecule has 1 aromatic carbocycles. The second-order valence-corrected chi connectivity index (χ2v) is 5.36. The third-order valence-electron chi connectivity index (χ3n) is 4.10. The van der Waals surface area contributed by atoms with Gasteiger partial charge in [0.15, 0.2) is 0 Å². The number of hydrogen-bond acceptors (Lipinski definition) is 2. The van der Waals surface area contributed by atoms with Crippen molar-refractivity contribution in [3.63, 3.8) is 0 Å². The highest BCUT2D eigenvalue weighted by Gasteiger charge is 2.26. The summed E-state index contributed by atoms with van der Waals surface area (Å²) >= 11 is 0. The molecule has 1 fully saturated rings. The molecule has 1 heterocycles. The standard InChI is InChI=1S/C15H19NO/c17-15(12-5-1-2-6-12)11-16-9-13-7-3-4-8-14(13)10-16/h3-4,7-8,12H,1-2,5-6,9-11H2. The molecule has 3 rings (SSSR count). The van der Waals surface area contributed by atoms with Crippen LogP contribution >= 0.6 is 0 Å². The third-order valence-corrected chi connectivity index (χ3v) is 4.10. The zero-order valence-electron chi connectivity index (χ0n) is 10.2. The van der Waals surface area contributed by atoms with Gasteiger partial charge < -0.3 is 0 Å². The fraction of sp³-hybridized carbons (Fsp3) is 0.533. The molecule has 1 aliphatic heterocycles. The van der Waals surface area contributed by atoms with Gasteiger partial charge in [-0.25, -0.2) is 0 Å². The van der Waals surface area contributed by atoms with Gasteiger partial charge >= 0.3 is 0 Å². The number of fused-ring (bicyclic) bond motifs is 1. The van der Waals surface area contributed by atoms with Crippen molar-refractivity contribution >= 4 is 5.78 Å². The van der Waals surface area contributed by atoms with E-state index in [-0.39, 0.29) is 0 Å². The molecule has 2 aliphatic rings. The van der Waals surface area contributed by atoms with Crippen LogP contribution in [0.3, 0.4) is 0 Å². The Bertz CT molecular complexity index is 396. The highest BCUT2D eigenvalue weighted by atomic mass is 16.1. The summed E-state index contributed by atoms with van der Waals surface area (Å²) in [4.78, 5) is 14.4. The first kappa shape index (κ1) is 11.0. The molecule has 90 valence electrons. The fourth-order valence-electron chi connectivity index (χ4n) is 3.11. The van der Waals surface area contributed by atoms with Crippen LogP contribution in [0.25, 0.3) is 0 Å². The summed E-state index contributed by atoms with van der Waals surface area (Å²) in [5.41, 5.74) is 2.79. The first-order chi connectivity index (χ1) is 8.33. The summed E-state index contributed by atoms with van der Waals surface area (Å²) in [5.74, 6) is 0.828. The van der Waals surface area contributed by atoms with Gasteiger partial charge in [0.2, 0.25) is 0 Å². The lowest BCUT2D eigenvalue weighted by Gasteiger charge is -2.16. The maximum atomic E-state index is 12.1. The molecule has 1 aromatic rings. The van der Waals surface area contributed by atoms with Gasteiger partial charge in [-0.3, -0.25) is 9.69 Å². The molecule has 0 bridgehead atoms. The Labute approximate surface area is 103 Å². The van der Waals surface area contributed by atoms with Crippen molar-refractivity contribution in [2.24, 2.45) is 5.92 Å². The summed E-state index contributed by atoms with van der Waals surface area (Å²) in [7, 11) is 0. The highest BCUT2D eigenvalue weighted by Crippen LogP contribution is 2.27. The zero-order chi connectivity index (χ0) is 11.7. The summed E-state index contributed by atoms with van der Waals surface area (Å²) in [6, 6.07) is 8.52. The molecule has 0 spiro atoms. The number of hydrogen-bond donors (Lipinski definition) is 0. The van der Waals surface area contributed by atoms with Gasteiger partial charge in [0.25, 0.3) is 0 Å². The molecule has 0 N–H and O–H groups in total. The van der Waals surface area contributed by atoms with Crippen LogP contribution < -0.4 is 0 Å². The van der Waals surface area contributed by atoms with E-state index in [1.165, 1.54) is 24.0 Å². The lowest BCUT2D eigenvalue weighted by Crippen LogP contribution is -2.28. The van der Waals surface area contributed by atoms with Crippen LogP contribution in [0, 0.1) is 5.92 Å². The summed E-state index contributed by atoms with van der Waals surface area (Å²) in [6.07, 6.45) is 4.74. The highest BCUT2D eigenvalue weighted by molar-refractivity contribution is 5.83. The van der Waals surface area contributed by atoms with Gasteiger partial charge in [-0.05, 0) is 24.0 Å². The van der Waals surface area contributed by atoms with Crippen LogP contribution in [0.4, 0.5) is 0 Å². The smallest absolute Gasteiger partial charge is 0.149 e. The van der Waals surface area contributed by atoms with Gasteiger partial charge in [0, 0.05) is 19.0 Å². The molecule has 1 aliphatic carbocycles. The summed E-state index contributed by atoms with van der Waals surface area (Å²) < 4.78 is 0. The Morgan fingerprint density at radius 3 is 2.29 bits per heavy atom. The van der Waals surface area contributed by atoms with E-state index in [0.717, 1.165) is 25.9 Å². The number of carbonyl (C=O) groups excluding carboxylic acids is 1. The Hall–Kier alpha value is -1.15. The molecule has 0 aromatic heterocycles. The van der Waals surface area contributed by atoms with E-state index in [9.17, 15) is 4.79 Å². The van der Waals surface area contributed by atoms with Crippen molar-refractivity contribution in [2.45, 2.75) is 38.8 Å². The van der Waals surface area contributed by atoms with Crippen LogP contribution in [0.2, 0.25) is 0 Å². The third kappa shape index (κ3) is 2.27. The second kappa shape index (κ2) is 4.61. The molecule has 0 unspecified atom stereocenters. The Balaban J connectivity index is 1.60. The minimum Gasteiger partial charge on any atom is -0.298 e. The van der Waals surface area contributed by atoms with Gasteiger partial charge in [-0.15, -0.1) is 0 Å². The summed E-state index contributed by atoms with van der Waals surface area (Å²) in [6.45, 7) is 2.56. The van der Waals surface area contributed by atoms with Gasteiger partial charge in [-0.2, -0.15) is 0 Å². The number of Topliss-reactive ketones (excluding diaryl/α,β-unsaturated/α-hetero) is 1. The van der Waals surface area contributed by atoms with Crippen molar-refractivity contribution in [1.29, 1.82) is 0 Å². The Morgan fingerprint density at radius 2 is 1.71 bits per heavy atom. The van der Waals surface area contributed by atoms with Crippen LogP contribution in [0.5, 0.6) is 0 Å². The molecule has 2 heteroatoms. The van der Waals surface area contributed by atoms with Gasteiger partial charge in [-0.1, -0.05) is 37.1 Å². The lowest BCUT2D eigenvalue weighted by atomic mass is 10.0. The van der Waals surface area contributed by atoms with Crippen molar-refractivity contribution in [1.82, 2.24) is 4.90 Å². The van der Waals surface area contributed by atoms with Crippen molar-refractivity contribution in [2.75, 3.05) is 6.54 Å². The SMILES string of the molecule is O=C(CN1Cc2ccccc2C1)C1CCCC1. The van der Waals surface area contributed by atoms with Gasteiger partial charge in [0.05, 0.1) is 6.54 Å². The normalized spacial score (nSPS) is 20.7. The van der Waals surface area contributed by atoms with Gasteiger partial charge in [0.1, 0.15) is 5.78 Å². The molecular weight excluding hydrogens is 210 g/mol. The van der Waals surface area contributed by atoms with E-state index >= 15 is 0 Å². The number of ketones is 1. The largest absolute Gasteiger partial charge is 0.298 e. The van der Waals surface area contributed by atoms with Crippen LogP contribution in [0.15, 0.2) is 24.3 Å².